The summed E-state index contributed by atoms with van der Waals surface area (Å²) >= 11 is 0. The van der Waals surface area contributed by atoms with E-state index >= 15 is 0 Å². The van der Waals surface area contributed by atoms with Crippen molar-refractivity contribution in [1.82, 2.24) is 0 Å². The highest BCUT2D eigenvalue weighted by Crippen LogP contribution is 2.65. The normalized spacial score (nSPS) is 53.6. The van der Waals surface area contributed by atoms with Crippen LogP contribution in [0.3, 0.4) is 0 Å². The number of rotatable bonds is 11. The van der Waals surface area contributed by atoms with E-state index in [4.69, 9.17) is 37.9 Å². The summed E-state index contributed by atoms with van der Waals surface area (Å²) in [6.07, 6.45) is -22.0. The van der Waals surface area contributed by atoms with Gasteiger partial charge in [0.25, 0.3) is 0 Å². The molecule has 26 atom stereocenters. The van der Waals surface area contributed by atoms with Crippen molar-refractivity contribution in [3.05, 3.63) is 23.3 Å². The summed E-state index contributed by atoms with van der Waals surface area (Å²) in [6.45, 7) is 7.68. The molecule has 8 rings (SSSR count). The van der Waals surface area contributed by atoms with Crippen molar-refractivity contribution in [3.63, 3.8) is 0 Å². The summed E-state index contributed by atoms with van der Waals surface area (Å²) in [6, 6.07) is 0. The second-order valence-electron chi connectivity index (χ2n) is 20.2. The minimum Gasteiger partial charge on any atom is -0.394 e. The van der Waals surface area contributed by atoms with Crippen molar-refractivity contribution in [2.75, 3.05) is 13.2 Å². The van der Waals surface area contributed by atoms with Crippen LogP contribution in [-0.4, -0.2) is 204 Å². The maximum atomic E-state index is 12.6. The molecular weight excluding hydrogens is 860 g/mol. The fraction of sp³-hybridized carbons (Fsp3) is 0.889. The lowest BCUT2D eigenvalue weighted by molar-refractivity contribution is -0.398. The van der Waals surface area contributed by atoms with Gasteiger partial charge in [-0.3, -0.25) is 4.79 Å². The molecule has 20 heteroatoms. The van der Waals surface area contributed by atoms with E-state index in [1.165, 1.54) is 19.4 Å². The van der Waals surface area contributed by atoms with Crippen LogP contribution < -0.4 is 0 Å². The van der Waals surface area contributed by atoms with Gasteiger partial charge >= 0.3 is 0 Å². The molecule has 370 valence electrons. The zero-order chi connectivity index (χ0) is 47.0. The Hall–Kier alpha value is -1.61. The van der Waals surface area contributed by atoms with Gasteiger partial charge in [-0.25, -0.2) is 0 Å². The minimum atomic E-state index is -1.93. The zero-order valence-corrected chi connectivity index (χ0v) is 37.5. The largest absolute Gasteiger partial charge is 0.394 e. The maximum absolute atomic E-state index is 12.6. The van der Waals surface area contributed by atoms with E-state index in [2.05, 4.69) is 26.0 Å². The molecule has 0 bridgehead atoms. The van der Waals surface area contributed by atoms with Gasteiger partial charge in [-0.05, 0) is 99.9 Å². The summed E-state index contributed by atoms with van der Waals surface area (Å²) < 4.78 is 48.4. The van der Waals surface area contributed by atoms with Crippen molar-refractivity contribution in [2.45, 2.75) is 208 Å². The molecule has 0 unspecified atom stereocenters. The number of hydrogen-bond acceptors (Lipinski definition) is 20. The number of fused-ring (bicyclic) bond motifs is 5. The smallest absolute Gasteiger partial charge is 0.187 e. The Labute approximate surface area is 377 Å². The molecule has 0 radical (unpaired) electrons. The van der Waals surface area contributed by atoms with Gasteiger partial charge in [0.2, 0.25) is 0 Å². The SMILES string of the molecule is CC(=O)C1=CC[C@H]2[C@@H]3CC=C4C[C@@H](O[C@@H]5O[C@H](CO)[C@@H](O)[C@H](O[C@@H]6O[C@@H](C)[C@H](O[C@@H]7O[C@H](CO)[C@@H](O)[C@H](O)[C@H]7O)[C@@H](O)[C@H]6O)[C@H]5O[C@@H]5O[C@@H](C)[C@H](O)[C@@H](O)[C@H]5O)CC[C@]4(C)[C@H]3CC[C@]12C. The first-order chi connectivity index (χ1) is 30.7. The highest BCUT2D eigenvalue weighted by Gasteiger charge is 2.59. The van der Waals surface area contributed by atoms with Gasteiger partial charge in [0.15, 0.2) is 30.9 Å². The number of ether oxygens (including phenoxy) is 8. The lowest BCUT2D eigenvalue weighted by Crippen LogP contribution is -2.67. The number of Topliss-reactive ketones (excluding diaryl/α,β-unsaturated/α-hetero) is 1. The minimum absolute atomic E-state index is 0.120. The standard InChI is InChI=1S/C45H70O20/c1-17(48)23-8-9-24-22-7-6-20-14-21(10-12-44(20,4)25(22)11-13-45(23,24)5)60-43-39(65-40-34(55)31(52)28(49)18(2)58-40)38(30(51)27(16-47)62-43)64-41-36(57)33(54)37(19(3)59-41)63-42-35(56)32(53)29(50)26(15-46)61-42/h6,8,18-19,21-22,24-43,46-47,49-57H,7,9-16H2,1-5H3/t18-,19-,21-,22-,24-,25-,26+,27+,28-,29+,30+,31+,32-,33-,34+,35+,36+,37-,38-,39+,40-,41-,42-,43+,44-,45+/m0/s1. The monoisotopic (exact) mass is 930 g/mol. The third-order valence-corrected chi connectivity index (χ3v) is 16.5. The van der Waals surface area contributed by atoms with Crippen molar-refractivity contribution < 1.29 is 98.9 Å². The Morgan fingerprint density at radius 1 is 0.585 bits per heavy atom. The second kappa shape index (κ2) is 19.3. The fourth-order valence-corrected chi connectivity index (χ4v) is 12.6. The molecule has 4 heterocycles. The topological polar surface area (TPSA) is 313 Å². The zero-order valence-electron chi connectivity index (χ0n) is 37.5. The first-order valence-corrected chi connectivity index (χ1v) is 23.2. The van der Waals surface area contributed by atoms with Crippen molar-refractivity contribution in [2.24, 2.45) is 28.6 Å². The van der Waals surface area contributed by atoms with Gasteiger partial charge in [-0.2, -0.15) is 0 Å². The van der Waals surface area contributed by atoms with E-state index in [0.717, 1.165) is 37.7 Å². The predicted octanol–water partition coefficient (Wildman–Crippen LogP) is -2.21. The van der Waals surface area contributed by atoms with Crippen molar-refractivity contribution >= 4 is 5.78 Å². The molecule has 11 N–H and O–H groups in total. The van der Waals surface area contributed by atoms with Gasteiger partial charge in [-0.15, -0.1) is 0 Å². The molecule has 0 aromatic carbocycles. The van der Waals surface area contributed by atoms with Crippen LogP contribution in [-0.2, 0) is 42.7 Å². The number of allylic oxidation sites excluding steroid dienone is 3. The molecule has 65 heavy (non-hydrogen) atoms. The van der Waals surface area contributed by atoms with Crippen LogP contribution in [0.1, 0.15) is 79.6 Å². The first-order valence-electron chi connectivity index (χ1n) is 23.2. The Bertz CT molecular complexity index is 1750. The van der Waals surface area contributed by atoms with Crippen LogP contribution in [0.5, 0.6) is 0 Å². The average molecular weight is 931 g/mol. The molecule has 2 saturated carbocycles. The molecule has 6 fully saturated rings. The molecule has 4 aliphatic carbocycles. The molecule has 8 aliphatic rings. The van der Waals surface area contributed by atoms with E-state index < -0.39 is 142 Å². The predicted molar refractivity (Wildman–Crippen MR) is 220 cm³/mol. The Balaban J connectivity index is 1.02. The number of carbonyl (C=O) groups excluding carboxylic acids is 1. The summed E-state index contributed by atoms with van der Waals surface area (Å²) in [5.41, 5.74) is 1.96. The molecular formula is C45H70O20. The number of aliphatic hydroxyl groups is 11. The highest BCUT2D eigenvalue weighted by atomic mass is 16.8. The van der Waals surface area contributed by atoms with E-state index in [1.807, 2.05) is 0 Å². The van der Waals surface area contributed by atoms with E-state index in [-0.39, 0.29) is 16.6 Å². The Kier molecular flexibility index (Phi) is 14.8. The molecule has 0 amide bonds. The summed E-state index contributed by atoms with van der Waals surface area (Å²) in [4.78, 5) is 12.6. The molecule has 4 saturated heterocycles. The lowest BCUT2D eigenvalue weighted by atomic mass is 9.47. The summed E-state index contributed by atoms with van der Waals surface area (Å²) in [5, 5.41) is 118. The third-order valence-electron chi connectivity index (χ3n) is 16.5. The van der Waals surface area contributed by atoms with Gasteiger partial charge in [0.1, 0.15) is 85.5 Å². The van der Waals surface area contributed by atoms with E-state index in [1.54, 1.807) is 6.92 Å². The van der Waals surface area contributed by atoms with Crippen LogP contribution in [0.4, 0.5) is 0 Å². The number of ketones is 1. The quantitative estimate of drug-likeness (QED) is 0.0979. The van der Waals surface area contributed by atoms with E-state index in [0.29, 0.717) is 30.6 Å². The summed E-state index contributed by atoms with van der Waals surface area (Å²) in [7, 11) is 0. The van der Waals surface area contributed by atoms with Gasteiger partial charge in [0, 0.05) is 0 Å². The van der Waals surface area contributed by atoms with Crippen LogP contribution in [0, 0.1) is 28.6 Å². The second-order valence-corrected chi connectivity index (χ2v) is 20.2. The summed E-state index contributed by atoms with van der Waals surface area (Å²) in [5.74, 6) is 1.36. The van der Waals surface area contributed by atoms with E-state index in [9.17, 15) is 61.0 Å². The van der Waals surface area contributed by atoms with Gasteiger partial charge in [0.05, 0.1) is 31.5 Å². The molecule has 20 nitrogen and oxygen atoms in total. The van der Waals surface area contributed by atoms with Crippen LogP contribution in [0.2, 0.25) is 0 Å². The number of aliphatic hydroxyl groups excluding tert-OH is 11. The number of carbonyl (C=O) groups is 1. The van der Waals surface area contributed by atoms with Gasteiger partial charge < -0.3 is 94.1 Å². The Morgan fingerprint density at radius 2 is 1.14 bits per heavy atom. The fourth-order valence-electron chi connectivity index (χ4n) is 12.6. The Morgan fingerprint density at radius 3 is 1.80 bits per heavy atom. The molecule has 4 aliphatic heterocycles. The molecule has 0 aromatic heterocycles. The third kappa shape index (κ3) is 8.84. The van der Waals surface area contributed by atoms with Crippen LogP contribution in [0.15, 0.2) is 23.3 Å². The van der Waals surface area contributed by atoms with Crippen LogP contribution >= 0.6 is 0 Å². The molecule has 0 aromatic rings. The average Bonchev–Trinajstić information content (AvgIpc) is 3.64. The van der Waals surface area contributed by atoms with Gasteiger partial charge in [-0.1, -0.05) is 31.6 Å². The first kappa shape index (κ1) is 49.8. The van der Waals surface area contributed by atoms with Crippen molar-refractivity contribution in [3.8, 4) is 0 Å². The van der Waals surface area contributed by atoms with Crippen LogP contribution in [0.25, 0.3) is 0 Å². The number of hydrogen-bond donors (Lipinski definition) is 11. The maximum Gasteiger partial charge on any atom is 0.187 e. The molecule has 0 spiro atoms. The van der Waals surface area contributed by atoms with Crippen molar-refractivity contribution in [1.29, 1.82) is 0 Å². The highest BCUT2D eigenvalue weighted by molar-refractivity contribution is 5.95. The lowest BCUT2D eigenvalue weighted by Gasteiger charge is -2.58.